The van der Waals surface area contributed by atoms with Crippen LogP contribution in [-0.4, -0.2) is 20.9 Å². The molecule has 2 rings (SSSR count). The van der Waals surface area contributed by atoms with Gasteiger partial charge in [-0.25, -0.2) is 4.79 Å². The van der Waals surface area contributed by atoms with Crippen molar-refractivity contribution in [2.45, 2.75) is 39.7 Å². The number of carboxylic acid groups (broad SMARTS) is 1. The van der Waals surface area contributed by atoms with Crippen molar-refractivity contribution < 1.29 is 9.90 Å². The number of hydrogen-bond acceptors (Lipinski definition) is 2. The molecule has 1 heterocycles. The summed E-state index contributed by atoms with van der Waals surface area (Å²) in [7, 11) is 0. The molecule has 0 amide bonds. The number of aromatic carboxylic acids is 1. The van der Waals surface area contributed by atoms with E-state index in [9.17, 15) is 4.79 Å². The van der Waals surface area contributed by atoms with Crippen molar-refractivity contribution in [3.05, 3.63) is 41.6 Å². The van der Waals surface area contributed by atoms with E-state index in [1.54, 1.807) is 10.7 Å². The van der Waals surface area contributed by atoms with Gasteiger partial charge in [0.25, 0.3) is 0 Å². The van der Waals surface area contributed by atoms with Crippen molar-refractivity contribution in [1.82, 2.24) is 9.78 Å². The predicted molar refractivity (Wildman–Crippen MR) is 79.0 cm³/mol. The minimum atomic E-state index is -0.991. The highest BCUT2D eigenvalue weighted by Crippen LogP contribution is 2.25. The SMILES string of the molecule is CCC(C)c1ccc(-c2cc(C(=O)O)nn2CC)cc1. The molecule has 0 bridgehead atoms. The second-order valence-electron chi connectivity index (χ2n) is 4.97. The summed E-state index contributed by atoms with van der Waals surface area (Å²) >= 11 is 0. The quantitative estimate of drug-likeness (QED) is 0.901. The number of nitrogens with zero attached hydrogens (tertiary/aromatic N) is 2. The molecule has 0 radical (unpaired) electrons. The number of aromatic nitrogens is 2. The standard InChI is InChI=1S/C16H20N2O2/c1-4-11(3)12-6-8-13(9-7-12)15-10-14(16(19)20)17-18(15)5-2/h6-11H,4-5H2,1-3H3,(H,19,20). The molecule has 106 valence electrons. The normalized spacial score (nSPS) is 12.3. The lowest BCUT2D eigenvalue weighted by atomic mass is 9.97. The zero-order valence-electron chi connectivity index (χ0n) is 12.1. The molecule has 0 spiro atoms. The number of hydrogen-bond donors (Lipinski definition) is 1. The van der Waals surface area contributed by atoms with Crippen LogP contribution in [0.3, 0.4) is 0 Å². The third kappa shape index (κ3) is 2.74. The van der Waals surface area contributed by atoms with Gasteiger partial charge in [0.2, 0.25) is 0 Å². The largest absolute Gasteiger partial charge is 0.476 e. The van der Waals surface area contributed by atoms with E-state index in [1.165, 1.54) is 5.56 Å². The molecule has 2 aromatic rings. The maximum atomic E-state index is 11.0. The molecule has 0 aliphatic carbocycles. The van der Waals surface area contributed by atoms with Crippen LogP contribution >= 0.6 is 0 Å². The maximum absolute atomic E-state index is 11.0. The van der Waals surface area contributed by atoms with E-state index >= 15 is 0 Å². The smallest absolute Gasteiger partial charge is 0.356 e. The average molecular weight is 272 g/mol. The Bertz CT molecular complexity index is 599. The molecular weight excluding hydrogens is 252 g/mol. The van der Waals surface area contributed by atoms with Gasteiger partial charge in [0.1, 0.15) is 0 Å². The van der Waals surface area contributed by atoms with Gasteiger partial charge >= 0.3 is 5.97 Å². The summed E-state index contributed by atoms with van der Waals surface area (Å²) in [6, 6.07) is 9.92. The number of benzene rings is 1. The van der Waals surface area contributed by atoms with E-state index in [0.717, 1.165) is 17.7 Å². The molecule has 1 unspecified atom stereocenters. The van der Waals surface area contributed by atoms with Gasteiger partial charge in [-0.3, -0.25) is 4.68 Å². The molecule has 20 heavy (non-hydrogen) atoms. The third-order valence-electron chi connectivity index (χ3n) is 3.69. The zero-order valence-corrected chi connectivity index (χ0v) is 12.1. The number of rotatable bonds is 5. The molecule has 1 aromatic carbocycles. The second-order valence-corrected chi connectivity index (χ2v) is 4.97. The van der Waals surface area contributed by atoms with Crippen molar-refractivity contribution in [2.75, 3.05) is 0 Å². The van der Waals surface area contributed by atoms with E-state index in [0.29, 0.717) is 12.5 Å². The fourth-order valence-corrected chi connectivity index (χ4v) is 2.21. The summed E-state index contributed by atoms with van der Waals surface area (Å²) in [6.45, 7) is 6.98. The maximum Gasteiger partial charge on any atom is 0.356 e. The Labute approximate surface area is 119 Å². The molecule has 0 aliphatic rings. The van der Waals surface area contributed by atoms with Gasteiger partial charge in [0, 0.05) is 6.54 Å². The molecule has 4 heteroatoms. The van der Waals surface area contributed by atoms with E-state index in [4.69, 9.17) is 5.11 Å². The van der Waals surface area contributed by atoms with Gasteiger partial charge in [0.15, 0.2) is 5.69 Å². The van der Waals surface area contributed by atoms with E-state index < -0.39 is 5.97 Å². The van der Waals surface area contributed by atoms with Crippen molar-refractivity contribution >= 4 is 5.97 Å². The van der Waals surface area contributed by atoms with Crippen molar-refractivity contribution in [1.29, 1.82) is 0 Å². The number of carboxylic acids is 1. The first-order chi connectivity index (χ1) is 9.56. The third-order valence-corrected chi connectivity index (χ3v) is 3.69. The minimum Gasteiger partial charge on any atom is -0.476 e. The Balaban J connectivity index is 2.38. The van der Waals surface area contributed by atoms with E-state index in [2.05, 4.69) is 31.1 Å². The fraction of sp³-hybridized carbons (Fsp3) is 0.375. The topological polar surface area (TPSA) is 55.1 Å². The van der Waals surface area contributed by atoms with Gasteiger partial charge in [-0.05, 0) is 36.5 Å². The van der Waals surface area contributed by atoms with Crippen LogP contribution < -0.4 is 0 Å². The monoisotopic (exact) mass is 272 g/mol. The summed E-state index contributed by atoms with van der Waals surface area (Å²) in [5.74, 6) is -0.454. The Morgan fingerprint density at radius 3 is 2.45 bits per heavy atom. The van der Waals surface area contributed by atoms with Crippen LogP contribution in [0, 0.1) is 0 Å². The van der Waals surface area contributed by atoms with Gasteiger partial charge < -0.3 is 5.11 Å². The molecule has 0 fully saturated rings. The Hall–Kier alpha value is -2.10. The molecular formula is C16H20N2O2. The molecule has 1 atom stereocenters. The van der Waals surface area contributed by atoms with Gasteiger partial charge in [0.05, 0.1) is 5.69 Å². The van der Waals surface area contributed by atoms with Gasteiger partial charge in [-0.2, -0.15) is 5.10 Å². The van der Waals surface area contributed by atoms with Crippen molar-refractivity contribution in [3.8, 4) is 11.3 Å². The highest BCUT2D eigenvalue weighted by molar-refractivity contribution is 5.87. The van der Waals surface area contributed by atoms with Crippen LogP contribution in [-0.2, 0) is 6.54 Å². The summed E-state index contributed by atoms with van der Waals surface area (Å²) < 4.78 is 1.72. The first-order valence-corrected chi connectivity index (χ1v) is 6.98. The zero-order chi connectivity index (χ0) is 14.7. The first-order valence-electron chi connectivity index (χ1n) is 6.98. The lowest BCUT2D eigenvalue weighted by Gasteiger charge is -2.10. The highest BCUT2D eigenvalue weighted by atomic mass is 16.4. The van der Waals surface area contributed by atoms with Gasteiger partial charge in [-0.15, -0.1) is 0 Å². The molecule has 1 N–H and O–H groups in total. The van der Waals surface area contributed by atoms with Crippen LogP contribution in [0.1, 0.15) is 49.2 Å². The summed E-state index contributed by atoms with van der Waals surface area (Å²) in [5.41, 5.74) is 3.24. The Kier molecular flexibility index (Phi) is 4.23. The van der Waals surface area contributed by atoms with E-state index in [1.807, 2.05) is 19.1 Å². The number of aryl methyl sites for hydroxylation is 1. The average Bonchev–Trinajstić information content (AvgIpc) is 2.91. The second kappa shape index (κ2) is 5.90. The molecule has 0 saturated carbocycles. The predicted octanol–water partition coefficient (Wildman–Crippen LogP) is 3.78. The van der Waals surface area contributed by atoms with Crippen LogP contribution in [0.25, 0.3) is 11.3 Å². The Morgan fingerprint density at radius 1 is 1.30 bits per heavy atom. The fourth-order valence-electron chi connectivity index (χ4n) is 2.21. The molecule has 1 aromatic heterocycles. The molecule has 0 saturated heterocycles. The molecule has 0 aliphatic heterocycles. The van der Waals surface area contributed by atoms with Crippen molar-refractivity contribution in [3.63, 3.8) is 0 Å². The lowest BCUT2D eigenvalue weighted by Crippen LogP contribution is -2.02. The van der Waals surface area contributed by atoms with Crippen molar-refractivity contribution in [2.24, 2.45) is 0 Å². The Morgan fingerprint density at radius 2 is 1.95 bits per heavy atom. The highest BCUT2D eigenvalue weighted by Gasteiger charge is 2.14. The number of carbonyl (C=O) groups is 1. The minimum absolute atomic E-state index is 0.0906. The first kappa shape index (κ1) is 14.3. The van der Waals surface area contributed by atoms with E-state index in [-0.39, 0.29) is 5.69 Å². The lowest BCUT2D eigenvalue weighted by molar-refractivity contribution is 0.0689. The van der Waals surface area contributed by atoms with Crippen LogP contribution in [0.5, 0.6) is 0 Å². The van der Waals surface area contributed by atoms with Crippen LogP contribution in [0.2, 0.25) is 0 Å². The van der Waals surface area contributed by atoms with Crippen LogP contribution in [0.15, 0.2) is 30.3 Å². The molecule has 4 nitrogen and oxygen atoms in total. The van der Waals surface area contributed by atoms with Crippen LogP contribution in [0.4, 0.5) is 0 Å². The summed E-state index contributed by atoms with van der Waals surface area (Å²) in [4.78, 5) is 11.0. The summed E-state index contributed by atoms with van der Waals surface area (Å²) in [5, 5.41) is 13.1. The van der Waals surface area contributed by atoms with Gasteiger partial charge in [-0.1, -0.05) is 38.1 Å². The summed E-state index contributed by atoms with van der Waals surface area (Å²) in [6.07, 6.45) is 1.11.